The van der Waals surface area contributed by atoms with Crippen LogP contribution in [0.2, 0.25) is 0 Å². The highest BCUT2D eigenvalue weighted by molar-refractivity contribution is 6.02. The van der Waals surface area contributed by atoms with E-state index in [0.29, 0.717) is 0 Å². The van der Waals surface area contributed by atoms with Gasteiger partial charge in [-0.2, -0.15) is 0 Å². The van der Waals surface area contributed by atoms with Crippen molar-refractivity contribution in [3.63, 3.8) is 0 Å². The number of Topliss-reactive ketones (excluding diaryl/α,β-unsaturated/α-hetero) is 1. The number of ether oxygens (including phenoxy) is 3. The largest absolute Gasteiger partial charge is 0.493 e. The molecule has 2 rings (SSSR count). The van der Waals surface area contributed by atoms with Crippen LogP contribution in [0.3, 0.4) is 0 Å². The van der Waals surface area contributed by atoms with E-state index >= 15 is 0 Å². The predicted molar refractivity (Wildman–Crippen MR) is 96.4 cm³/mol. The number of halogens is 1. The highest BCUT2D eigenvalue weighted by atomic mass is 19.1. The molecule has 0 heterocycles. The Bertz CT molecular complexity index is 896. The van der Waals surface area contributed by atoms with Gasteiger partial charge in [-0.15, -0.1) is 0 Å². The summed E-state index contributed by atoms with van der Waals surface area (Å²) in [6.07, 6.45) is -1.24. The van der Waals surface area contributed by atoms with E-state index in [2.05, 4.69) is 0 Å². The number of carbonyl (C=O) groups is 2. The molecule has 0 saturated heterocycles. The van der Waals surface area contributed by atoms with Crippen molar-refractivity contribution in [3.8, 4) is 11.5 Å². The third kappa shape index (κ3) is 4.61. The summed E-state index contributed by atoms with van der Waals surface area (Å²) in [5.74, 6) is -1.95. The molecule has 0 saturated carbocycles. The maximum absolute atomic E-state index is 13.0. The van der Waals surface area contributed by atoms with Crippen LogP contribution in [-0.2, 0) is 4.74 Å². The molecule has 0 bridgehead atoms. The van der Waals surface area contributed by atoms with Gasteiger partial charge in [0.15, 0.2) is 17.6 Å². The number of nitro groups is 1. The lowest BCUT2D eigenvalue weighted by atomic mass is 10.1. The molecule has 0 amide bonds. The standard InChI is InChI=1S/C19H18FNO7/c1-4-27-17-10-15(21(24)25)14(9-16(17)26-3)19(23)28-11(2)18(22)12-5-7-13(20)8-6-12/h5-11H,4H2,1-3H3/t11-/m1/s1. The maximum atomic E-state index is 13.0. The van der Waals surface area contributed by atoms with Crippen molar-refractivity contribution in [1.82, 2.24) is 0 Å². The van der Waals surface area contributed by atoms with Gasteiger partial charge in [0.1, 0.15) is 11.4 Å². The van der Waals surface area contributed by atoms with Gasteiger partial charge in [-0.05, 0) is 38.1 Å². The van der Waals surface area contributed by atoms with Gasteiger partial charge < -0.3 is 14.2 Å². The molecule has 0 fully saturated rings. The van der Waals surface area contributed by atoms with Gasteiger partial charge in [-0.25, -0.2) is 9.18 Å². The Labute approximate surface area is 160 Å². The molecule has 2 aromatic carbocycles. The van der Waals surface area contributed by atoms with Crippen LogP contribution in [-0.4, -0.2) is 36.5 Å². The highest BCUT2D eigenvalue weighted by Crippen LogP contribution is 2.35. The van der Waals surface area contributed by atoms with Crippen LogP contribution in [0, 0.1) is 15.9 Å². The van der Waals surface area contributed by atoms with E-state index in [9.17, 15) is 24.1 Å². The summed E-state index contributed by atoms with van der Waals surface area (Å²) in [5.41, 5.74) is -0.791. The Morgan fingerprint density at radius 3 is 2.36 bits per heavy atom. The van der Waals surface area contributed by atoms with Gasteiger partial charge >= 0.3 is 5.97 Å². The van der Waals surface area contributed by atoms with Crippen LogP contribution in [0.25, 0.3) is 0 Å². The lowest BCUT2D eigenvalue weighted by Crippen LogP contribution is -2.25. The molecule has 2 aromatic rings. The summed E-state index contributed by atoms with van der Waals surface area (Å²) in [6, 6.07) is 6.90. The van der Waals surface area contributed by atoms with Crippen molar-refractivity contribution in [1.29, 1.82) is 0 Å². The Hall–Kier alpha value is -3.49. The first-order chi connectivity index (χ1) is 13.3. The minimum atomic E-state index is -1.24. The second kappa shape index (κ2) is 8.94. The van der Waals surface area contributed by atoms with E-state index in [1.165, 1.54) is 26.2 Å². The van der Waals surface area contributed by atoms with E-state index in [-0.39, 0.29) is 29.2 Å². The van der Waals surface area contributed by atoms with Crippen LogP contribution >= 0.6 is 0 Å². The molecule has 0 unspecified atom stereocenters. The Morgan fingerprint density at radius 2 is 1.82 bits per heavy atom. The van der Waals surface area contributed by atoms with Crippen LogP contribution in [0.4, 0.5) is 10.1 Å². The molecular formula is C19H18FNO7. The van der Waals surface area contributed by atoms with Gasteiger partial charge in [0.05, 0.1) is 24.7 Å². The van der Waals surface area contributed by atoms with Crippen molar-refractivity contribution in [3.05, 3.63) is 63.5 Å². The molecule has 1 atom stereocenters. The third-order valence-corrected chi connectivity index (χ3v) is 3.78. The van der Waals surface area contributed by atoms with Crippen LogP contribution in [0.15, 0.2) is 36.4 Å². The van der Waals surface area contributed by atoms with E-state index in [0.717, 1.165) is 24.3 Å². The molecule has 9 heteroatoms. The number of hydrogen-bond acceptors (Lipinski definition) is 7. The molecule has 0 aliphatic carbocycles. The number of benzene rings is 2. The van der Waals surface area contributed by atoms with Gasteiger partial charge in [-0.3, -0.25) is 14.9 Å². The first-order valence-corrected chi connectivity index (χ1v) is 8.28. The fourth-order valence-electron chi connectivity index (χ4n) is 2.42. The average molecular weight is 391 g/mol. The van der Waals surface area contributed by atoms with Gasteiger partial charge in [0.25, 0.3) is 5.69 Å². The molecule has 0 spiro atoms. The average Bonchev–Trinajstić information content (AvgIpc) is 2.67. The number of ketones is 1. The molecule has 0 aliphatic heterocycles. The van der Waals surface area contributed by atoms with Crippen molar-refractivity contribution in [2.24, 2.45) is 0 Å². The second-order valence-electron chi connectivity index (χ2n) is 5.63. The van der Waals surface area contributed by atoms with Gasteiger partial charge in [0.2, 0.25) is 5.78 Å². The monoisotopic (exact) mass is 391 g/mol. The smallest absolute Gasteiger partial charge is 0.346 e. The highest BCUT2D eigenvalue weighted by Gasteiger charge is 2.28. The van der Waals surface area contributed by atoms with Crippen LogP contribution in [0.5, 0.6) is 11.5 Å². The van der Waals surface area contributed by atoms with Crippen molar-refractivity contribution >= 4 is 17.4 Å². The number of nitrogens with zero attached hydrogens (tertiary/aromatic N) is 1. The SMILES string of the molecule is CCOc1cc([N+](=O)[O-])c(C(=O)O[C@H](C)C(=O)c2ccc(F)cc2)cc1OC. The fourth-order valence-corrected chi connectivity index (χ4v) is 2.42. The second-order valence-corrected chi connectivity index (χ2v) is 5.63. The molecule has 28 heavy (non-hydrogen) atoms. The zero-order valence-electron chi connectivity index (χ0n) is 15.4. The van der Waals surface area contributed by atoms with E-state index in [1.54, 1.807) is 6.92 Å². The molecule has 0 aliphatic rings. The Morgan fingerprint density at radius 1 is 1.18 bits per heavy atom. The quantitative estimate of drug-likeness (QED) is 0.293. The summed E-state index contributed by atoms with van der Waals surface area (Å²) in [7, 11) is 1.32. The number of esters is 1. The van der Waals surface area contributed by atoms with Crippen molar-refractivity contribution in [2.75, 3.05) is 13.7 Å². The predicted octanol–water partition coefficient (Wildman–Crippen LogP) is 3.57. The topological polar surface area (TPSA) is 105 Å². The lowest BCUT2D eigenvalue weighted by Gasteiger charge is -2.14. The van der Waals surface area contributed by atoms with Gasteiger partial charge in [0, 0.05) is 11.6 Å². The summed E-state index contributed by atoms with van der Waals surface area (Å²) in [6.45, 7) is 3.25. The van der Waals surface area contributed by atoms with Crippen LogP contribution < -0.4 is 9.47 Å². The molecule has 148 valence electrons. The number of hydrogen-bond donors (Lipinski definition) is 0. The van der Waals surface area contributed by atoms with E-state index in [4.69, 9.17) is 14.2 Å². The minimum absolute atomic E-state index is 0.101. The fraction of sp³-hybridized carbons (Fsp3) is 0.263. The van der Waals surface area contributed by atoms with E-state index < -0.39 is 34.3 Å². The zero-order valence-corrected chi connectivity index (χ0v) is 15.4. The maximum Gasteiger partial charge on any atom is 0.346 e. The number of carbonyl (C=O) groups excluding carboxylic acids is 2. The van der Waals surface area contributed by atoms with Gasteiger partial charge in [-0.1, -0.05) is 0 Å². The van der Waals surface area contributed by atoms with E-state index in [1.807, 2.05) is 0 Å². The normalized spacial score (nSPS) is 11.4. The van der Waals surface area contributed by atoms with Crippen molar-refractivity contribution in [2.45, 2.75) is 20.0 Å². The first-order valence-electron chi connectivity index (χ1n) is 8.28. The third-order valence-electron chi connectivity index (χ3n) is 3.78. The molecule has 8 nitrogen and oxygen atoms in total. The number of nitro benzene ring substituents is 1. The molecule has 0 N–H and O–H groups in total. The number of rotatable bonds is 8. The summed E-state index contributed by atoms with van der Waals surface area (Å²) in [5, 5.41) is 11.4. The molecular weight excluding hydrogens is 373 g/mol. The molecule has 0 aromatic heterocycles. The first kappa shape index (κ1) is 20.8. The summed E-state index contributed by atoms with van der Waals surface area (Å²) >= 11 is 0. The van der Waals surface area contributed by atoms with Crippen molar-refractivity contribution < 1.29 is 33.1 Å². The lowest BCUT2D eigenvalue weighted by molar-refractivity contribution is -0.385. The summed E-state index contributed by atoms with van der Waals surface area (Å²) < 4.78 is 28.4. The molecule has 0 radical (unpaired) electrons. The minimum Gasteiger partial charge on any atom is -0.493 e. The Kier molecular flexibility index (Phi) is 6.64. The Balaban J connectivity index is 2.30. The summed E-state index contributed by atoms with van der Waals surface area (Å²) in [4.78, 5) is 35.4. The van der Waals surface area contributed by atoms with Crippen LogP contribution in [0.1, 0.15) is 34.6 Å². The number of methoxy groups -OCH3 is 1. The zero-order chi connectivity index (χ0) is 20.8.